The van der Waals surface area contributed by atoms with E-state index in [2.05, 4.69) is 21.2 Å². The van der Waals surface area contributed by atoms with Crippen LogP contribution in [0.5, 0.6) is 5.75 Å². The summed E-state index contributed by atoms with van der Waals surface area (Å²) in [6.45, 7) is 5.13. The van der Waals surface area contributed by atoms with Gasteiger partial charge in [0.2, 0.25) is 0 Å². The highest BCUT2D eigenvalue weighted by molar-refractivity contribution is 9.10. The van der Waals surface area contributed by atoms with E-state index in [1.807, 2.05) is 32.0 Å². The van der Waals surface area contributed by atoms with E-state index in [4.69, 9.17) is 17.0 Å². The van der Waals surface area contributed by atoms with Crippen molar-refractivity contribution in [3.63, 3.8) is 0 Å². The fourth-order valence-electron chi connectivity index (χ4n) is 2.07. The third kappa shape index (κ3) is 3.63. The lowest BCUT2D eigenvalue weighted by Gasteiger charge is -2.11. The van der Waals surface area contributed by atoms with Gasteiger partial charge in [0, 0.05) is 16.6 Å². The Hall–Kier alpha value is -1.40. The first-order chi connectivity index (χ1) is 10.1. The van der Waals surface area contributed by atoms with Gasteiger partial charge in [-0.3, -0.25) is 9.69 Å². The van der Waals surface area contributed by atoms with Crippen molar-refractivity contribution < 1.29 is 9.53 Å². The monoisotopic (exact) mass is 368 g/mol. The number of thiocarbonyl (C=S) groups is 1. The highest BCUT2D eigenvalue weighted by atomic mass is 79.9. The van der Waals surface area contributed by atoms with Crippen LogP contribution in [0.3, 0.4) is 0 Å². The normalized spacial score (nSPS) is 16.5. The number of halogens is 1. The van der Waals surface area contributed by atoms with Gasteiger partial charge in [0.15, 0.2) is 5.11 Å². The second-order valence-electron chi connectivity index (χ2n) is 4.56. The third-order valence-corrected chi connectivity index (χ3v) is 3.80. The lowest BCUT2D eigenvalue weighted by atomic mass is 10.1. The first-order valence-electron chi connectivity index (χ1n) is 6.83. The second kappa shape index (κ2) is 7.04. The summed E-state index contributed by atoms with van der Waals surface area (Å²) in [6.07, 6.45) is 2.64. The quantitative estimate of drug-likeness (QED) is 0.639. The summed E-state index contributed by atoms with van der Waals surface area (Å²) in [6, 6.07) is 5.70. The number of rotatable bonds is 5. The molecule has 0 unspecified atom stereocenters. The van der Waals surface area contributed by atoms with E-state index in [-0.39, 0.29) is 5.91 Å². The van der Waals surface area contributed by atoms with Gasteiger partial charge >= 0.3 is 0 Å². The Morgan fingerprint density at radius 3 is 2.86 bits per heavy atom. The molecule has 1 aliphatic rings. The molecule has 4 nitrogen and oxygen atoms in total. The van der Waals surface area contributed by atoms with Crippen LogP contribution in [0, 0.1) is 0 Å². The lowest BCUT2D eigenvalue weighted by Crippen LogP contribution is -2.31. The number of benzene rings is 1. The summed E-state index contributed by atoms with van der Waals surface area (Å²) < 4.78 is 6.51. The van der Waals surface area contributed by atoms with Crippen LogP contribution >= 0.6 is 28.1 Å². The molecule has 1 aliphatic heterocycles. The molecule has 0 saturated carbocycles. The molecule has 0 atom stereocenters. The number of nitrogens with one attached hydrogen (secondary N) is 1. The smallest absolute Gasteiger partial charge is 0.276 e. The van der Waals surface area contributed by atoms with Gasteiger partial charge < -0.3 is 10.1 Å². The summed E-state index contributed by atoms with van der Waals surface area (Å²) in [5.41, 5.74) is 1.32. The van der Waals surface area contributed by atoms with Crippen molar-refractivity contribution in [2.45, 2.75) is 20.3 Å². The fraction of sp³-hybridized carbons (Fsp3) is 0.333. The van der Waals surface area contributed by atoms with E-state index in [1.54, 1.807) is 11.0 Å². The van der Waals surface area contributed by atoms with Crippen molar-refractivity contribution in [1.29, 1.82) is 0 Å². The fourth-order valence-corrected chi connectivity index (χ4v) is 2.74. The predicted octanol–water partition coefficient (Wildman–Crippen LogP) is 3.32. The molecule has 21 heavy (non-hydrogen) atoms. The van der Waals surface area contributed by atoms with Crippen LogP contribution in [0.15, 0.2) is 28.4 Å². The number of ether oxygens (including phenoxy) is 1. The maximum absolute atomic E-state index is 12.3. The Bertz CT molecular complexity index is 601. The molecule has 1 heterocycles. The Morgan fingerprint density at radius 2 is 2.19 bits per heavy atom. The zero-order valence-corrected chi connectivity index (χ0v) is 14.4. The van der Waals surface area contributed by atoms with Gasteiger partial charge in [-0.2, -0.15) is 0 Å². The van der Waals surface area contributed by atoms with Gasteiger partial charge in [-0.15, -0.1) is 0 Å². The maximum Gasteiger partial charge on any atom is 0.276 e. The standard InChI is InChI=1S/C15H17BrN2O2S/c1-3-7-18-14(19)12(17-15(18)21)9-10-8-11(16)5-6-13(10)20-4-2/h5-6,8-9H,3-4,7H2,1-2H3,(H,17,21)/b12-9-. The molecule has 1 aromatic rings. The first-order valence-corrected chi connectivity index (χ1v) is 8.03. The Labute approximate surface area is 138 Å². The minimum absolute atomic E-state index is 0.0933. The van der Waals surface area contributed by atoms with Crippen LogP contribution in [-0.2, 0) is 4.79 Å². The molecule has 1 N–H and O–H groups in total. The number of carbonyl (C=O) groups is 1. The Kier molecular flexibility index (Phi) is 5.36. The number of amides is 1. The predicted molar refractivity (Wildman–Crippen MR) is 91.0 cm³/mol. The van der Waals surface area contributed by atoms with E-state index in [1.165, 1.54) is 0 Å². The van der Waals surface area contributed by atoms with Crippen LogP contribution in [-0.4, -0.2) is 29.1 Å². The molecule has 112 valence electrons. The molecule has 1 amide bonds. The van der Waals surface area contributed by atoms with Crippen molar-refractivity contribution in [3.8, 4) is 5.75 Å². The molecular formula is C15H17BrN2O2S. The summed E-state index contributed by atoms with van der Waals surface area (Å²) in [7, 11) is 0. The molecule has 0 spiro atoms. The van der Waals surface area contributed by atoms with Gasteiger partial charge in [0.1, 0.15) is 11.4 Å². The molecule has 0 aromatic heterocycles. The number of hydrogen-bond donors (Lipinski definition) is 1. The topological polar surface area (TPSA) is 41.6 Å². The van der Waals surface area contributed by atoms with E-state index in [0.717, 1.165) is 22.2 Å². The number of nitrogens with zero attached hydrogens (tertiary/aromatic N) is 1. The van der Waals surface area contributed by atoms with Crippen molar-refractivity contribution in [1.82, 2.24) is 10.2 Å². The average Bonchev–Trinajstić information content (AvgIpc) is 2.70. The van der Waals surface area contributed by atoms with Crippen molar-refractivity contribution >= 4 is 45.2 Å². The first kappa shape index (κ1) is 16.0. The van der Waals surface area contributed by atoms with E-state index >= 15 is 0 Å². The van der Waals surface area contributed by atoms with Gasteiger partial charge in [-0.1, -0.05) is 22.9 Å². The van der Waals surface area contributed by atoms with E-state index in [9.17, 15) is 4.79 Å². The maximum atomic E-state index is 12.3. The van der Waals surface area contributed by atoms with Gasteiger partial charge in [0.25, 0.3) is 5.91 Å². The average molecular weight is 369 g/mol. The molecule has 0 radical (unpaired) electrons. The minimum Gasteiger partial charge on any atom is -0.493 e. The largest absolute Gasteiger partial charge is 0.493 e. The highest BCUT2D eigenvalue weighted by Gasteiger charge is 2.29. The van der Waals surface area contributed by atoms with Crippen molar-refractivity contribution in [2.24, 2.45) is 0 Å². The Balaban J connectivity index is 2.34. The third-order valence-electron chi connectivity index (χ3n) is 2.98. The van der Waals surface area contributed by atoms with Crippen LogP contribution in [0.25, 0.3) is 6.08 Å². The van der Waals surface area contributed by atoms with Crippen LogP contribution in [0.1, 0.15) is 25.8 Å². The van der Waals surface area contributed by atoms with Gasteiger partial charge in [-0.25, -0.2) is 0 Å². The highest BCUT2D eigenvalue weighted by Crippen LogP contribution is 2.26. The Morgan fingerprint density at radius 1 is 1.43 bits per heavy atom. The zero-order valence-electron chi connectivity index (χ0n) is 12.0. The number of hydrogen-bond acceptors (Lipinski definition) is 3. The van der Waals surface area contributed by atoms with E-state index in [0.29, 0.717) is 24.0 Å². The minimum atomic E-state index is -0.0933. The molecule has 1 aromatic carbocycles. The molecular weight excluding hydrogens is 352 g/mol. The SMILES string of the molecule is CCCN1C(=O)/C(=C/c2cc(Br)ccc2OCC)NC1=S. The summed E-state index contributed by atoms with van der Waals surface area (Å²) in [5.74, 6) is 0.645. The molecule has 1 fully saturated rings. The number of carbonyl (C=O) groups excluding carboxylic acids is 1. The zero-order chi connectivity index (χ0) is 15.4. The molecule has 0 bridgehead atoms. The van der Waals surface area contributed by atoms with E-state index < -0.39 is 0 Å². The molecule has 2 rings (SSSR count). The second-order valence-corrected chi connectivity index (χ2v) is 5.86. The summed E-state index contributed by atoms with van der Waals surface area (Å²) >= 11 is 8.63. The van der Waals surface area contributed by atoms with Gasteiger partial charge in [0.05, 0.1) is 6.61 Å². The molecule has 1 saturated heterocycles. The van der Waals surface area contributed by atoms with Crippen LogP contribution in [0.4, 0.5) is 0 Å². The molecule has 0 aliphatic carbocycles. The molecule has 6 heteroatoms. The van der Waals surface area contributed by atoms with Crippen LogP contribution in [0.2, 0.25) is 0 Å². The van der Waals surface area contributed by atoms with Crippen molar-refractivity contribution in [3.05, 3.63) is 33.9 Å². The summed E-state index contributed by atoms with van der Waals surface area (Å²) in [4.78, 5) is 13.9. The van der Waals surface area contributed by atoms with Gasteiger partial charge in [-0.05, 0) is 49.8 Å². The van der Waals surface area contributed by atoms with Crippen LogP contribution < -0.4 is 10.1 Å². The lowest BCUT2D eigenvalue weighted by molar-refractivity contribution is -0.122. The van der Waals surface area contributed by atoms with Crippen molar-refractivity contribution in [2.75, 3.05) is 13.2 Å². The summed E-state index contributed by atoms with van der Waals surface area (Å²) in [5, 5.41) is 3.43.